The Labute approximate surface area is 169 Å². The summed E-state index contributed by atoms with van der Waals surface area (Å²) in [7, 11) is 4.15. The number of hydrogen-bond donors (Lipinski definition) is 1. The summed E-state index contributed by atoms with van der Waals surface area (Å²) < 4.78 is 2.24. The lowest BCUT2D eigenvalue weighted by Gasteiger charge is -2.39. The molecule has 1 saturated heterocycles. The monoisotopic (exact) mass is 382 g/mol. The number of nitrogens with zero attached hydrogens (tertiary/aromatic N) is 5. The second-order valence-electron chi connectivity index (χ2n) is 7.96. The fraction of sp³-hybridized carbons (Fsp3) is 0.545. The third kappa shape index (κ3) is 4.66. The van der Waals surface area contributed by atoms with Crippen molar-refractivity contribution in [3.63, 3.8) is 0 Å². The van der Waals surface area contributed by atoms with E-state index in [1.165, 1.54) is 16.8 Å². The molecule has 2 atom stereocenters. The van der Waals surface area contributed by atoms with E-state index in [9.17, 15) is 0 Å². The van der Waals surface area contributed by atoms with E-state index in [-0.39, 0.29) is 0 Å². The van der Waals surface area contributed by atoms with Gasteiger partial charge in [0.25, 0.3) is 0 Å². The van der Waals surface area contributed by atoms with E-state index in [1.54, 1.807) is 0 Å². The topological polar surface area (TPSA) is 48.7 Å². The van der Waals surface area contributed by atoms with E-state index in [0.717, 1.165) is 32.0 Å². The quantitative estimate of drug-likeness (QED) is 0.637. The standard InChI is InChI=1S/C22H34N6/c1-6-24-22(25-14-19-7-8-20(26(4)5)13-18(19)3)27-11-9-17(2)21(15-27)28-12-10-23-16-28/h7-8,10,12-13,16-17,21H,6,9,11,14-15H2,1-5H3,(H,24,25). The minimum Gasteiger partial charge on any atom is -0.378 e. The first-order valence-electron chi connectivity index (χ1n) is 10.3. The Morgan fingerprint density at radius 2 is 2.18 bits per heavy atom. The Morgan fingerprint density at radius 1 is 1.36 bits per heavy atom. The van der Waals surface area contributed by atoms with E-state index in [4.69, 9.17) is 4.99 Å². The summed E-state index contributed by atoms with van der Waals surface area (Å²) in [6.45, 7) is 10.2. The SMILES string of the molecule is CCNC(=NCc1ccc(N(C)C)cc1C)N1CCC(C)C(n2ccnc2)C1. The lowest BCUT2D eigenvalue weighted by atomic mass is 9.93. The summed E-state index contributed by atoms with van der Waals surface area (Å²) in [5.41, 5.74) is 3.79. The number of rotatable bonds is 5. The molecule has 1 aliphatic heterocycles. The van der Waals surface area contributed by atoms with Gasteiger partial charge in [-0.2, -0.15) is 0 Å². The molecule has 0 saturated carbocycles. The number of likely N-dealkylation sites (tertiary alicyclic amines) is 1. The molecule has 0 aliphatic carbocycles. The minimum atomic E-state index is 0.432. The van der Waals surface area contributed by atoms with Gasteiger partial charge in [-0.15, -0.1) is 0 Å². The van der Waals surface area contributed by atoms with Gasteiger partial charge in [0.1, 0.15) is 0 Å². The van der Waals surface area contributed by atoms with Crippen LogP contribution in [0.15, 0.2) is 41.9 Å². The van der Waals surface area contributed by atoms with Crippen LogP contribution in [0.3, 0.4) is 0 Å². The fourth-order valence-electron chi connectivity index (χ4n) is 3.82. The Bertz CT molecular complexity index is 780. The first kappa shape index (κ1) is 20.2. The molecule has 1 fully saturated rings. The number of nitrogens with one attached hydrogen (secondary N) is 1. The van der Waals surface area contributed by atoms with E-state index in [0.29, 0.717) is 18.5 Å². The van der Waals surface area contributed by atoms with Crippen LogP contribution in [0.5, 0.6) is 0 Å². The van der Waals surface area contributed by atoms with E-state index < -0.39 is 0 Å². The fourth-order valence-corrected chi connectivity index (χ4v) is 3.82. The van der Waals surface area contributed by atoms with Crippen molar-refractivity contribution in [2.45, 2.75) is 39.8 Å². The molecule has 1 aromatic heterocycles. The molecular weight excluding hydrogens is 348 g/mol. The number of anilines is 1. The Kier molecular flexibility index (Phi) is 6.60. The van der Waals surface area contributed by atoms with Crippen LogP contribution in [0.25, 0.3) is 0 Å². The predicted molar refractivity (Wildman–Crippen MR) is 117 cm³/mol. The Hall–Kier alpha value is -2.50. The average Bonchev–Trinajstić information content (AvgIpc) is 3.21. The zero-order chi connectivity index (χ0) is 20.1. The van der Waals surface area contributed by atoms with Crippen molar-refractivity contribution in [3.8, 4) is 0 Å². The Balaban J connectivity index is 1.75. The van der Waals surface area contributed by atoms with E-state index >= 15 is 0 Å². The van der Waals surface area contributed by atoms with Gasteiger partial charge in [-0.05, 0) is 49.4 Å². The summed E-state index contributed by atoms with van der Waals surface area (Å²) >= 11 is 0. The number of benzene rings is 1. The van der Waals surface area contributed by atoms with E-state index in [1.807, 2.05) is 12.5 Å². The molecule has 1 aliphatic rings. The third-order valence-corrected chi connectivity index (χ3v) is 5.70. The van der Waals surface area contributed by atoms with Crippen LogP contribution >= 0.6 is 0 Å². The number of imidazole rings is 1. The molecule has 2 unspecified atom stereocenters. The minimum absolute atomic E-state index is 0.432. The summed E-state index contributed by atoms with van der Waals surface area (Å²) in [5.74, 6) is 1.64. The zero-order valence-electron chi connectivity index (χ0n) is 17.9. The van der Waals surface area contributed by atoms with Crippen LogP contribution in [0, 0.1) is 12.8 Å². The lowest BCUT2D eigenvalue weighted by molar-refractivity contribution is 0.189. The van der Waals surface area contributed by atoms with Gasteiger partial charge in [0, 0.05) is 51.8 Å². The average molecular weight is 383 g/mol. The third-order valence-electron chi connectivity index (χ3n) is 5.70. The largest absolute Gasteiger partial charge is 0.378 e. The number of aliphatic imine (C=N–C) groups is 1. The van der Waals surface area contributed by atoms with E-state index in [2.05, 4.69) is 83.9 Å². The molecule has 152 valence electrons. The molecule has 0 radical (unpaired) electrons. The normalized spacial score (nSPS) is 20.3. The van der Waals surface area contributed by atoms with Crippen LogP contribution in [-0.2, 0) is 6.54 Å². The molecule has 3 rings (SSSR count). The summed E-state index contributed by atoms with van der Waals surface area (Å²) in [6.07, 6.45) is 7.03. The van der Waals surface area contributed by atoms with Gasteiger partial charge >= 0.3 is 0 Å². The molecular formula is C22H34N6. The molecule has 6 heteroatoms. The van der Waals surface area contributed by atoms with Gasteiger partial charge in [0.2, 0.25) is 0 Å². The summed E-state index contributed by atoms with van der Waals surface area (Å²) in [6, 6.07) is 7.03. The number of piperidine rings is 1. The molecule has 0 spiro atoms. The smallest absolute Gasteiger partial charge is 0.194 e. The van der Waals surface area contributed by atoms with Crippen molar-refractivity contribution in [3.05, 3.63) is 48.0 Å². The van der Waals surface area contributed by atoms with Gasteiger partial charge in [-0.3, -0.25) is 0 Å². The molecule has 0 bridgehead atoms. The summed E-state index contributed by atoms with van der Waals surface area (Å²) in [5, 5.41) is 3.50. The summed E-state index contributed by atoms with van der Waals surface area (Å²) in [4.78, 5) is 13.7. The lowest BCUT2D eigenvalue weighted by Crippen LogP contribution is -2.49. The molecule has 2 heterocycles. The second-order valence-corrected chi connectivity index (χ2v) is 7.96. The first-order chi connectivity index (χ1) is 13.5. The van der Waals surface area contributed by atoms with Crippen molar-refractivity contribution in [2.75, 3.05) is 38.6 Å². The maximum absolute atomic E-state index is 4.98. The maximum Gasteiger partial charge on any atom is 0.194 e. The number of guanidine groups is 1. The molecule has 6 nitrogen and oxygen atoms in total. The van der Waals surface area contributed by atoms with Crippen LogP contribution in [0.2, 0.25) is 0 Å². The second kappa shape index (κ2) is 9.13. The number of aromatic nitrogens is 2. The maximum atomic E-state index is 4.98. The highest BCUT2D eigenvalue weighted by Crippen LogP contribution is 2.27. The van der Waals surface area contributed by atoms with Crippen LogP contribution in [0.4, 0.5) is 5.69 Å². The van der Waals surface area contributed by atoms with Crippen molar-refractivity contribution in [2.24, 2.45) is 10.9 Å². The van der Waals surface area contributed by atoms with Crippen molar-refractivity contribution < 1.29 is 0 Å². The molecule has 28 heavy (non-hydrogen) atoms. The highest BCUT2D eigenvalue weighted by molar-refractivity contribution is 5.80. The number of hydrogen-bond acceptors (Lipinski definition) is 3. The zero-order valence-corrected chi connectivity index (χ0v) is 17.9. The molecule has 2 aromatic rings. The highest BCUT2D eigenvalue weighted by atomic mass is 15.3. The van der Waals surface area contributed by atoms with Gasteiger partial charge in [-0.1, -0.05) is 13.0 Å². The van der Waals surface area contributed by atoms with Crippen LogP contribution in [0.1, 0.15) is 37.4 Å². The number of aryl methyl sites for hydroxylation is 1. The predicted octanol–water partition coefficient (Wildman–Crippen LogP) is 3.31. The van der Waals surface area contributed by atoms with Crippen LogP contribution in [-0.4, -0.2) is 54.1 Å². The van der Waals surface area contributed by atoms with Gasteiger partial charge in [0.15, 0.2) is 5.96 Å². The van der Waals surface area contributed by atoms with Gasteiger partial charge in [-0.25, -0.2) is 9.98 Å². The van der Waals surface area contributed by atoms with Crippen molar-refractivity contribution in [1.82, 2.24) is 19.8 Å². The highest BCUT2D eigenvalue weighted by Gasteiger charge is 2.28. The first-order valence-corrected chi connectivity index (χ1v) is 10.3. The van der Waals surface area contributed by atoms with Crippen LogP contribution < -0.4 is 10.2 Å². The van der Waals surface area contributed by atoms with Gasteiger partial charge in [0.05, 0.1) is 18.9 Å². The van der Waals surface area contributed by atoms with Gasteiger partial charge < -0.3 is 19.7 Å². The molecule has 1 N–H and O–H groups in total. The van der Waals surface area contributed by atoms with Crippen molar-refractivity contribution in [1.29, 1.82) is 0 Å². The molecule has 1 aromatic carbocycles. The Morgan fingerprint density at radius 3 is 2.82 bits per heavy atom. The van der Waals surface area contributed by atoms with Crippen molar-refractivity contribution >= 4 is 11.6 Å². The molecule has 0 amide bonds.